The molecule has 0 saturated heterocycles. The first kappa shape index (κ1) is 16.8. The van der Waals surface area contributed by atoms with Gasteiger partial charge in [0.1, 0.15) is 0 Å². The molecule has 0 saturated carbocycles. The largest absolute Gasteiger partial charge is 0.344 e. The van der Waals surface area contributed by atoms with Crippen LogP contribution in [0.2, 0.25) is 0 Å². The third kappa shape index (κ3) is 2.50. The summed E-state index contributed by atoms with van der Waals surface area (Å²) in [6, 6.07) is 24.1. The first-order valence-corrected chi connectivity index (χ1v) is 8.79. The number of aryl methyl sites for hydroxylation is 2. The lowest BCUT2D eigenvalue weighted by atomic mass is 9.87. The van der Waals surface area contributed by atoms with Gasteiger partial charge in [0.25, 0.3) is 5.79 Å². The van der Waals surface area contributed by atoms with E-state index in [2.05, 4.69) is 12.1 Å². The van der Waals surface area contributed by atoms with Crippen LogP contribution in [0.5, 0.6) is 0 Å². The molecule has 2 heteroatoms. The van der Waals surface area contributed by atoms with Gasteiger partial charge in [-0.15, -0.1) is 0 Å². The van der Waals surface area contributed by atoms with Crippen molar-refractivity contribution < 1.29 is 9.84 Å². The molecule has 0 N–H and O–H groups in total. The molecule has 0 heterocycles. The second-order valence-electron chi connectivity index (χ2n) is 6.81. The molecule has 4 aromatic carbocycles. The van der Waals surface area contributed by atoms with E-state index in [9.17, 15) is 5.11 Å². The first-order chi connectivity index (χ1) is 12.5. The van der Waals surface area contributed by atoms with Crippen LogP contribution in [0.15, 0.2) is 72.8 Å². The molecule has 129 valence electrons. The molecule has 2 nitrogen and oxygen atoms in total. The van der Waals surface area contributed by atoms with Gasteiger partial charge in [0, 0.05) is 18.2 Å². The van der Waals surface area contributed by atoms with Gasteiger partial charge in [-0.25, -0.2) is 0 Å². The van der Waals surface area contributed by atoms with Gasteiger partial charge in [0.2, 0.25) is 0 Å². The van der Waals surface area contributed by atoms with E-state index >= 15 is 0 Å². The maximum absolute atomic E-state index is 14.1. The predicted octanol–water partition coefficient (Wildman–Crippen LogP) is 5.89. The number of ether oxygens (including phenoxy) is 1. The molecule has 1 atom stereocenters. The monoisotopic (exact) mass is 341 g/mol. The number of rotatable bonds is 3. The smallest absolute Gasteiger partial charge is 0.254 e. The van der Waals surface area contributed by atoms with Gasteiger partial charge in [-0.05, 0) is 58.7 Å². The first-order valence-electron chi connectivity index (χ1n) is 8.79. The van der Waals surface area contributed by atoms with Crippen LogP contribution in [-0.4, -0.2) is 7.11 Å². The summed E-state index contributed by atoms with van der Waals surface area (Å²) in [4.78, 5) is 0. The van der Waals surface area contributed by atoms with Gasteiger partial charge in [0.05, 0.1) is 0 Å². The Bertz CT molecular complexity index is 1110. The van der Waals surface area contributed by atoms with Gasteiger partial charge in [-0.3, -0.25) is 0 Å². The van der Waals surface area contributed by atoms with E-state index in [4.69, 9.17) is 4.74 Å². The molecule has 4 rings (SSSR count). The molecule has 4 aromatic rings. The van der Waals surface area contributed by atoms with Crippen molar-refractivity contribution in [3.05, 3.63) is 95.1 Å². The normalized spacial score (nSPS) is 13.8. The third-order valence-electron chi connectivity index (χ3n) is 5.20. The van der Waals surface area contributed by atoms with Crippen molar-refractivity contribution >= 4 is 21.5 Å². The van der Waals surface area contributed by atoms with Gasteiger partial charge >= 0.3 is 0 Å². The molecule has 0 spiro atoms. The standard InChI is InChI=1S/C24H21O2/c1-16-12-13-18-8-4-7-11-22(18)23(16)24(25,26-3)20-14-17(2)21-10-6-5-9-19(21)15-20/h4-15H,1-3H3. The molecule has 0 aromatic heterocycles. The zero-order valence-electron chi connectivity index (χ0n) is 15.2. The highest BCUT2D eigenvalue weighted by atomic mass is 16.6. The summed E-state index contributed by atoms with van der Waals surface area (Å²) < 4.78 is 5.65. The zero-order valence-corrected chi connectivity index (χ0v) is 15.2. The fourth-order valence-corrected chi connectivity index (χ4v) is 3.87. The highest BCUT2D eigenvalue weighted by Gasteiger charge is 2.37. The van der Waals surface area contributed by atoms with Crippen LogP contribution in [0.25, 0.3) is 21.5 Å². The molecule has 0 aliphatic heterocycles. The van der Waals surface area contributed by atoms with Gasteiger partial charge in [0.15, 0.2) is 0 Å². The quantitative estimate of drug-likeness (QED) is 0.427. The molecular formula is C24H21O2. The summed E-state index contributed by atoms with van der Waals surface area (Å²) in [7, 11) is 1.50. The Morgan fingerprint density at radius 1 is 0.731 bits per heavy atom. The Kier molecular flexibility index (Phi) is 4.03. The van der Waals surface area contributed by atoms with Gasteiger partial charge < -0.3 is 4.74 Å². The van der Waals surface area contributed by atoms with Gasteiger partial charge in [-0.1, -0.05) is 60.7 Å². The van der Waals surface area contributed by atoms with Crippen molar-refractivity contribution in [1.29, 1.82) is 0 Å². The SMILES string of the molecule is COC([O])(c1cc(C)c2ccccc2c1)c1c(C)ccc2ccccc12. The number of fused-ring (bicyclic) bond motifs is 2. The minimum atomic E-state index is -1.76. The van der Waals surface area contributed by atoms with Crippen LogP contribution in [-0.2, 0) is 15.6 Å². The Balaban J connectivity index is 2.04. The predicted molar refractivity (Wildman–Crippen MR) is 106 cm³/mol. The molecule has 1 unspecified atom stereocenters. The summed E-state index contributed by atoms with van der Waals surface area (Å²) in [5.74, 6) is -1.76. The van der Waals surface area contributed by atoms with Crippen LogP contribution >= 0.6 is 0 Å². The molecule has 0 aliphatic rings. The van der Waals surface area contributed by atoms with E-state index in [0.717, 1.165) is 32.7 Å². The molecular weight excluding hydrogens is 320 g/mol. The summed E-state index contributed by atoms with van der Waals surface area (Å²) in [6.07, 6.45) is 0. The van der Waals surface area contributed by atoms with Crippen LogP contribution in [0.4, 0.5) is 0 Å². The van der Waals surface area contributed by atoms with E-state index in [-0.39, 0.29) is 0 Å². The Hall–Kier alpha value is -2.68. The van der Waals surface area contributed by atoms with Crippen LogP contribution in [0, 0.1) is 13.8 Å². The minimum absolute atomic E-state index is 0.635. The second-order valence-corrected chi connectivity index (χ2v) is 6.81. The Labute approximate surface area is 153 Å². The van der Waals surface area contributed by atoms with E-state index in [1.807, 2.05) is 74.5 Å². The van der Waals surface area contributed by atoms with Crippen LogP contribution in [0.3, 0.4) is 0 Å². The van der Waals surface area contributed by atoms with Crippen molar-refractivity contribution in [2.75, 3.05) is 7.11 Å². The maximum atomic E-state index is 14.1. The van der Waals surface area contributed by atoms with Crippen molar-refractivity contribution in [3.8, 4) is 0 Å². The second kappa shape index (κ2) is 6.24. The van der Waals surface area contributed by atoms with Crippen molar-refractivity contribution in [1.82, 2.24) is 0 Å². The highest BCUT2D eigenvalue weighted by Crippen LogP contribution is 2.39. The van der Waals surface area contributed by atoms with Crippen molar-refractivity contribution in [2.24, 2.45) is 0 Å². The lowest BCUT2D eigenvalue weighted by Crippen LogP contribution is -2.29. The molecule has 26 heavy (non-hydrogen) atoms. The number of hydrogen-bond donors (Lipinski definition) is 0. The zero-order chi connectivity index (χ0) is 18.3. The Morgan fingerprint density at radius 3 is 2.12 bits per heavy atom. The van der Waals surface area contributed by atoms with Crippen LogP contribution in [0.1, 0.15) is 22.3 Å². The lowest BCUT2D eigenvalue weighted by molar-refractivity contribution is -0.202. The highest BCUT2D eigenvalue weighted by molar-refractivity contribution is 5.89. The Morgan fingerprint density at radius 2 is 1.38 bits per heavy atom. The molecule has 0 bridgehead atoms. The summed E-state index contributed by atoms with van der Waals surface area (Å²) >= 11 is 0. The fourth-order valence-electron chi connectivity index (χ4n) is 3.87. The number of benzene rings is 4. The maximum Gasteiger partial charge on any atom is 0.254 e. The average molecular weight is 341 g/mol. The van der Waals surface area contributed by atoms with E-state index in [1.165, 1.54) is 7.11 Å². The summed E-state index contributed by atoms with van der Waals surface area (Å²) in [5.41, 5.74) is 3.34. The van der Waals surface area contributed by atoms with Crippen LogP contribution < -0.4 is 0 Å². The number of methoxy groups -OCH3 is 1. The lowest BCUT2D eigenvalue weighted by Gasteiger charge is -2.28. The minimum Gasteiger partial charge on any atom is -0.344 e. The van der Waals surface area contributed by atoms with E-state index in [1.54, 1.807) is 0 Å². The molecule has 0 amide bonds. The number of hydrogen-bond acceptors (Lipinski definition) is 1. The summed E-state index contributed by atoms with van der Waals surface area (Å²) in [5, 5.41) is 18.3. The molecule has 0 fully saturated rings. The summed E-state index contributed by atoms with van der Waals surface area (Å²) in [6.45, 7) is 4.01. The molecule has 1 radical (unpaired) electrons. The molecule has 0 aliphatic carbocycles. The van der Waals surface area contributed by atoms with Crippen molar-refractivity contribution in [2.45, 2.75) is 19.6 Å². The average Bonchev–Trinajstić information content (AvgIpc) is 2.67. The van der Waals surface area contributed by atoms with E-state index < -0.39 is 5.79 Å². The topological polar surface area (TPSA) is 29.1 Å². The fraction of sp³-hybridized carbons (Fsp3) is 0.167. The van der Waals surface area contributed by atoms with Gasteiger partial charge in [-0.2, -0.15) is 5.11 Å². The van der Waals surface area contributed by atoms with Crippen molar-refractivity contribution in [3.63, 3.8) is 0 Å². The third-order valence-corrected chi connectivity index (χ3v) is 5.20. The van der Waals surface area contributed by atoms with E-state index in [0.29, 0.717) is 11.1 Å².